The van der Waals surface area contributed by atoms with Crippen LogP contribution in [0.1, 0.15) is 129 Å². The average molecular weight is 431 g/mol. The molecule has 2 N–H and O–H groups in total. The van der Waals surface area contributed by atoms with E-state index in [1.165, 1.54) is 83.1 Å². The summed E-state index contributed by atoms with van der Waals surface area (Å²) in [6.07, 6.45) is 19.4. The highest BCUT2D eigenvalue weighted by Gasteiger charge is 2.36. The second-order valence-electron chi connectivity index (χ2n) is 11.4. The van der Waals surface area contributed by atoms with Gasteiger partial charge in [0.25, 0.3) is 0 Å². The topological polar surface area (TPSA) is 40.5 Å². The molecule has 1 aromatic rings. The Labute approximate surface area is 192 Å². The van der Waals surface area contributed by atoms with Crippen molar-refractivity contribution in [3.8, 4) is 11.5 Å². The summed E-state index contributed by atoms with van der Waals surface area (Å²) in [5.74, 6) is 1.48. The van der Waals surface area contributed by atoms with E-state index in [0.29, 0.717) is 5.41 Å². The van der Waals surface area contributed by atoms with Crippen LogP contribution in [0, 0.1) is 16.7 Å². The molecule has 1 saturated carbocycles. The minimum absolute atomic E-state index is 0.216. The van der Waals surface area contributed by atoms with Crippen molar-refractivity contribution < 1.29 is 10.2 Å². The summed E-state index contributed by atoms with van der Waals surface area (Å²) in [7, 11) is 0. The molecule has 0 saturated heterocycles. The van der Waals surface area contributed by atoms with Crippen LogP contribution in [0.25, 0.3) is 0 Å². The first-order chi connectivity index (χ1) is 14.7. The molecular weight excluding hydrogens is 380 g/mol. The van der Waals surface area contributed by atoms with Crippen molar-refractivity contribution in [2.75, 3.05) is 0 Å². The highest BCUT2D eigenvalue weighted by atomic mass is 16.3. The molecule has 1 fully saturated rings. The van der Waals surface area contributed by atoms with Gasteiger partial charge in [0.2, 0.25) is 0 Å². The fourth-order valence-corrected chi connectivity index (χ4v) is 5.21. The standard InChI is InChI=1S/C29H50O2/c1-6-23-20-24(27(31)21-26(23)30)22-29(5,7-2)19-15-13-11-9-8-10-12-14-18-28(3,4)25-16-17-25/h20-21,25,30-31H,6-19,22H2,1-5H3. The molecule has 1 unspecified atom stereocenters. The van der Waals surface area contributed by atoms with Crippen molar-refractivity contribution >= 4 is 0 Å². The highest BCUT2D eigenvalue weighted by Crippen LogP contribution is 2.48. The van der Waals surface area contributed by atoms with Crippen LogP contribution in [-0.4, -0.2) is 10.2 Å². The van der Waals surface area contributed by atoms with Gasteiger partial charge in [0.05, 0.1) is 0 Å². The van der Waals surface area contributed by atoms with Gasteiger partial charge in [0, 0.05) is 6.07 Å². The molecule has 0 radical (unpaired) electrons. The molecule has 178 valence electrons. The lowest BCUT2D eigenvalue weighted by Gasteiger charge is -2.29. The van der Waals surface area contributed by atoms with Gasteiger partial charge in [-0.05, 0) is 72.5 Å². The number of hydrogen-bond acceptors (Lipinski definition) is 2. The third-order valence-corrected chi connectivity index (χ3v) is 8.17. The summed E-state index contributed by atoms with van der Waals surface area (Å²) in [6, 6.07) is 3.53. The molecule has 2 nitrogen and oxygen atoms in total. The van der Waals surface area contributed by atoms with E-state index in [4.69, 9.17) is 0 Å². The summed E-state index contributed by atoms with van der Waals surface area (Å²) < 4.78 is 0. The van der Waals surface area contributed by atoms with Crippen LogP contribution in [0.15, 0.2) is 12.1 Å². The number of aromatic hydroxyl groups is 2. The van der Waals surface area contributed by atoms with Crippen molar-refractivity contribution in [1.29, 1.82) is 0 Å². The van der Waals surface area contributed by atoms with Gasteiger partial charge in [-0.15, -0.1) is 0 Å². The molecule has 0 spiro atoms. The Hall–Kier alpha value is -1.18. The maximum Gasteiger partial charge on any atom is 0.122 e. The molecule has 0 heterocycles. The minimum Gasteiger partial charge on any atom is -0.508 e. The first-order valence-electron chi connectivity index (χ1n) is 13.2. The number of phenols is 2. The predicted octanol–water partition coefficient (Wildman–Crippen LogP) is 8.96. The fraction of sp³-hybridized carbons (Fsp3) is 0.793. The number of benzene rings is 1. The van der Waals surface area contributed by atoms with Gasteiger partial charge in [-0.1, -0.05) is 92.4 Å². The molecular formula is C29H50O2. The molecule has 31 heavy (non-hydrogen) atoms. The lowest BCUT2D eigenvalue weighted by molar-refractivity contribution is 0.266. The van der Waals surface area contributed by atoms with E-state index >= 15 is 0 Å². The molecule has 2 heteroatoms. The summed E-state index contributed by atoms with van der Waals surface area (Å²) in [5, 5.41) is 20.3. The molecule has 0 amide bonds. The first-order valence-corrected chi connectivity index (χ1v) is 13.2. The van der Waals surface area contributed by atoms with Crippen molar-refractivity contribution in [2.45, 2.75) is 131 Å². The van der Waals surface area contributed by atoms with Crippen LogP contribution in [0.4, 0.5) is 0 Å². The molecule has 2 rings (SSSR count). The summed E-state index contributed by atoms with van der Waals surface area (Å²) in [4.78, 5) is 0. The van der Waals surface area contributed by atoms with Crippen molar-refractivity contribution in [1.82, 2.24) is 0 Å². The van der Waals surface area contributed by atoms with Gasteiger partial charge in [-0.25, -0.2) is 0 Å². The predicted molar refractivity (Wildman–Crippen MR) is 134 cm³/mol. The van der Waals surface area contributed by atoms with Crippen LogP contribution < -0.4 is 0 Å². The SMILES string of the molecule is CCc1cc(CC(C)(CC)CCCCCCCCCCC(C)(C)C2CC2)c(O)cc1O. The summed E-state index contributed by atoms with van der Waals surface area (Å²) >= 11 is 0. The number of hydrogen-bond donors (Lipinski definition) is 2. The number of phenolic OH excluding ortho intramolecular Hbond substituents is 2. The lowest BCUT2D eigenvalue weighted by atomic mass is 9.76. The van der Waals surface area contributed by atoms with Crippen LogP contribution >= 0.6 is 0 Å². The molecule has 1 aliphatic rings. The smallest absolute Gasteiger partial charge is 0.122 e. The van der Waals surface area contributed by atoms with E-state index in [-0.39, 0.29) is 16.9 Å². The zero-order valence-electron chi connectivity index (χ0n) is 21.2. The minimum atomic E-state index is 0.216. The van der Waals surface area contributed by atoms with Gasteiger partial charge < -0.3 is 10.2 Å². The van der Waals surface area contributed by atoms with Crippen LogP contribution in [0.2, 0.25) is 0 Å². The lowest BCUT2D eigenvalue weighted by Crippen LogP contribution is -2.19. The average Bonchev–Trinajstić information content (AvgIpc) is 3.57. The van der Waals surface area contributed by atoms with Crippen molar-refractivity contribution in [3.63, 3.8) is 0 Å². The van der Waals surface area contributed by atoms with Gasteiger partial charge in [-0.3, -0.25) is 0 Å². The van der Waals surface area contributed by atoms with E-state index in [1.54, 1.807) is 0 Å². The van der Waals surface area contributed by atoms with Crippen LogP contribution in [0.3, 0.4) is 0 Å². The van der Waals surface area contributed by atoms with Gasteiger partial charge in [0.1, 0.15) is 11.5 Å². The van der Waals surface area contributed by atoms with E-state index in [0.717, 1.165) is 36.3 Å². The first kappa shape index (κ1) is 26.1. The normalized spacial score (nSPS) is 16.4. The van der Waals surface area contributed by atoms with Crippen molar-refractivity contribution in [3.05, 3.63) is 23.3 Å². The van der Waals surface area contributed by atoms with E-state index < -0.39 is 0 Å². The van der Waals surface area contributed by atoms with E-state index in [1.807, 2.05) is 13.0 Å². The number of aryl methyl sites for hydroxylation is 1. The van der Waals surface area contributed by atoms with E-state index in [2.05, 4.69) is 27.7 Å². The maximum atomic E-state index is 10.3. The fourth-order valence-electron chi connectivity index (χ4n) is 5.21. The highest BCUT2D eigenvalue weighted by molar-refractivity contribution is 5.45. The molecule has 0 bridgehead atoms. The largest absolute Gasteiger partial charge is 0.508 e. The quantitative estimate of drug-likeness (QED) is 0.257. The van der Waals surface area contributed by atoms with Crippen molar-refractivity contribution in [2.24, 2.45) is 16.7 Å². The third kappa shape index (κ3) is 8.70. The van der Waals surface area contributed by atoms with Crippen LogP contribution in [0.5, 0.6) is 11.5 Å². The molecule has 0 aliphatic heterocycles. The third-order valence-electron chi connectivity index (χ3n) is 8.17. The molecule has 1 aromatic carbocycles. The Morgan fingerprint density at radius 3 is 1.77 bits per heavy atom. The Morgan fingerprint density at radius 1 is 0.742 bits per heavy atom. The Balaban J connectivity index is 1.59. The zero-order valence-corrected chi connectivity index (χ0v) is 21.2. The van der Waals surface area contributed by atoms with Gasteiger partial charge >= 0.3 is 0 Å². The number of rotatable bonds is 16. The Morgan fingerprint density at radius 2 is 1.26 bits per heavy atom. The monoisotopic (exact) mass is 430 g/mol. The Kier molecular flexibility index (Phi) is 10.2. The number of unbranched alkanes of at least 4 members (excludes halogenated alkanes) is 7. The van der Waals surface area contributed by atoms with Crippen LogP contribution in [-0.2, 0) is 12.8 Å². The molecule has 0 aromatic heterocycles. The Bertz CT molecular complexity index is 659. The van der Waals surface area contributed by atoms with Gasteiger partial charge in [-0.2, -0.15) is 0 Å². The van der Waals surface area contributed by atoms with Gasteiger partial charge in [0.15, 0.2) is 0 Å². The second kappa shape index (κ2) is 12.2. The molecule has 1 atom stereocenters. The van der Waals surface area contributed by atoms with E-state index in [9.17, 15) is 10.2 Å². The maximum absolute atomic E-state index is 10.3. The molecule has 1 aliphatic carbocycles. The second-order valence-corrected chi connectivity index (χ2v) is 11.4. The summed E-state index contributed by atoms with van der Waals surface area (Å²) in [6.45, 7) is 11.6. The summed E-state index contributed by atoms with van der Waals surface area (Å²) in [5.41, 5.74) is 2.74. The zero-order chi connectivity index (χ0) is 22.9.